The molecule has 3 nitrogen and oxygen atoms in total. The fraction of sp³-hybridized carbons (Fsp3) is 0.455. The van der Waals surface area contributed by atoms with Crippen molar-refractivity contribution in [3.05, 3.63) is 24.8 Å². The lowest BCUT2D eigenvalue weighted by Crippen LogP contribution is -2.22. The SMILES string of the molecule is C=CC=CCCC(CC)C(=O)C(=O)O. The molecule has 78 valence electrons. The van der Waals surface area contributed by atoms with Crippen LogP contribution in [0.4, 0.5) is 0 Å². The van der Waals surface area contributed by atoms with Gasteiger partial charge in [0.25, 0.3) is 0 Å². The smallest absolute Gasteiger partial charge is 0.372 e. The number of rotatable bonds is 7. The average Bonchev–Trinajstić information content (AvgIpc) is 2.17. The van der Waals surface area contributed by atoms with Crippen LogP contribution in [0.15, 0.2) is 24.8 Å². The van der Waals surface area contributed by atoms with E-state index < -0.39 is 11.8 Å². The van der Waals surface area contributed by atoms with Gasteiger partial charge in [0, 0.05) is 5.92 Å². The molecule has 0 aromatic heterocycles. The number of ketones is 1. The van der Waals surface area contributed by atoms with Gasteiger partial charge < -0.3 is 5.11 Å². The van der Waals surface area contributed by atoms with Crippen molar-refractivity contribution in [2.24, 2.45) is 5.92 Å². The van der Waals surface area contributed by atoms with Crippen LogP contribution in [0.2, 0.25) is 0 Å². The predicted molar refractivity (Wildman–Crippen MR) is 55.0 cm³/mol. The van der Waals surface area contributed by atoms with Crippen LogP contribution in [0.5, 0.6) is 0 Å². The maximum absolute atomic E-state index is 11.1. The second-order valence-electron chi connectivity index (χ2n) is 3.02. The Morgan fingerprint density at radius 1 is 1.50 bits per heavy atom. The number of hydrogen-bond donors (Lipinski definition) is 1. The number of aliphatic carboxylic acids is 1. The molecule has 0 fully saturated rings. The molecule has 0 heterocycles. The van der Waals surface area contributed by atoms with Crippen LogP contribution in [-0.4, -0.2) is 16.9 Å². The van der Waals surface area contributed by atoms with Crippen molar-refractivity contribution in [2.45, 2.75) is 26.2 Å². The summed E-state index contributed by atoms with van der Waals surface area (Å²) < 4.78 is 0. The van der Waals surface area contributed by atoms with Crippen LogP contribution in [0.1, 0.15) is 26.2 Å². The summed E-state index contributed by atoms with van der Waals surface area (Å²) in [5.41, 5.74) is 0. The van der Waals surface area contributed by atoms with Gasteiger partial charge in [0.05, 0.1) is 0 Å². The summed E-state index contributed by atoms with van der Waals surface area (Å²) in [6, 6.07) is 0. The van der Waals surface area contributed by atoms with Gasteiger partial charge in [-0.05, 0) is 19.3 Å². The maximum Gasteiger partial charge on any atom is 0.372 e. The zero-order chi connectivity index (χ0) is 11.0. The van der Waals surface area contributed by atoms with Crippen molar-refractivity contribution in [3.8, 4) is 0 Å². The lowest BCUT2D eigenvalue weighted by Gasteiger charge is -2.08. The van der Waals surface area contributed by atoms with Gasteiger partial charge in [0.1, 0.15) is 0 Å². The molecular formula is C11H16O3. The van der Waals surface area contributed by atoms with Crippen LogP contribution < -0.4 is 0 Å². The first kappa shape index (κ1) is 12.6. The Kier molecular flexibility index (Phi) is 6.37. The summed E-state index contributed by atoms with van der Waals surface area (Å²) in [7, 11) is 0. The Morgan fingerprint density at radius 2 is 2.14 bits per heavy atom. The first-order chi connectivity index (χ1) is 6.63. The first-order valence-corrected chi connectivity index (χ1v) is 4.68. The molecule has 0 aromatic carbocycles. The molecule has 0 aliphatic rings. The molecule has 0 saturated heterocycles. The van der Waals surface area contributed by atoms with Crippen LogP contribution in [-0.2, 0) is 9.59 Å². The van der Waals surface area contributed by atoms with E-state index >= 15 is 0 Å². The van der Waals surface area contributed by atoms with Crippen molar-refractivity contribution in [2.75, 3.05) is 0 Å². The molecule has 0 saturated carbocycles. The molecule has 0 aliphatic heterocycles. The highest BCUT2D eigenvalue weighted by atomic mass is 16.4. The maximum atomic E-state index is 11.1. The molecule has 0 aromatic rings. The number of carboxylic acid groups (broad SMARTS) is 1. The quantitative estimate of drug-likeness (QED) is 0.501. The minimum Gasteiger partial charge on any atom is -0.475 e. The normalized spacial score (nSPS) is 12.6. The summed E-state index contributed by atoms with van der Waals surface area (Å²) in [5, 5.41) is 8.50. The zero-order valence-electron chi connectivity index (χ0n) is 8.40. The number of carbonyl (C=O) groups is 2. The number of hydrogen-bond acceptors (Lipinski definition) is 2. The molecule has 0 aliphatic carbocycles. The lowest BCUT2D eigenvalue weighted by molar-refractivity contribution is -0.151. The van der Waals surface area contributed by atoms with Gasteiger partial charge >= 0.3 is 5.97 Å². The third-order valence-corrected chi connectivity index (χ3v) is 2.03. The topological polar surface area (TPSA) is 54.4 Å². The highest BCUT2D eigenvalue weighted by molar-refractivity contribution is 6.33. The Balaban J connectivity index is 4.03. The fourth-order valence-electron chi connectivity index (χ4n) is 1.19. The second-order valence-corrected chi connectivity index (χ2v) is 3.02. The molecule has 14 heavy (non-hydrogen) atoms. The van der Waals surface area contributed by atoms with Crippen molar-refractivity contribution < 1.29 is 14.7 Å². The number of allylic oxidation sites excluding steroid dienone is 3. The summed E-state index contributed by atoms with van der Waals surface area (Å²) in [5.74, 6) is -2.37. The molecule has 1 atom stereocenters. The van der Waals surface area contributed by atoms with E-state index in [1.807, 2.05) is 13.0 Å². The summed E-state index contributed by atoms with van der Waals surface area (Å²) in [4.78, 5) is 21.5. The van der Waals surface area contributed by atoms with Gasteiger partial charge in [0.15, 0.2) is 0 Å². The minimum absolute atomic E-state index is 0.359. The van der Waals surface area contributed by atoms with Crippen molar-refractivity contribution >= 4 is 11.8 Å². The molecular weight excluding hydrogens is 180 g/mol. The van der Waals surface area contributed by atoms with E-state index in [1.54, 1.807) is 12.2 Å². The largest absolute Gasteiger partial charge is 0.475 e. The Bertz CT molecular complexity index is 241. The zero-order valence-corrected chi connectivity index (χ0v) is 8.40. The Morgan fingerprint density at radius 3 is 2.57 bits per heavy atom. The average molecular weight is 196 g/mol. The third-order valence-electron chi connectivity index (χ3n) is 2.03. The van der Waals surface area contributed by atoms with Crippen LogP contribution in [0.25, 0.3) is 0 Å². The summed E-state index contributed by atoms with van der Waals surface area (Å²) in [6.45, 7) is 5.34. The number of carbonyl (C=O) groups excluding carboxylic acids is 1. The van der Waals surface area contributed by atoms with Gasteiger partial charge in [-0.3, -0.25) is 4.79 Å². The van der Waals surface area contributed by atoms with Gasteiger partial charge in [-0.2, -0.15) is 0 Å². The van der Waals surface area contributed by atoms with E-state index in [4.69, 9.17) is 5.11 Å². The Hall–Kier alpha value is -1.38. The van der Waals surface area contributed by atoms with E-state index in [0.717, 1.165) is 0 Å². The third kappa shape index (κ3) is 4.60. The van der Waals surface area contributed by atoms with Gasteiger partial charge in [-0.15, -0.1) is 0 Å². The molecule has 1 N–H and O–H groups in total. The highest BCUT2D eigenvalue weighted by Crippen LogP contribution is 2.12. The number of Topliss-reactive ketones (excluding diaryl/α,β-unsaturated/α-hetero) is 1. The van der Waals surface area contributed by atoms with Gasteiger partial charge in [-0.1, -0.05) is 31.7 Å². The highest BCUT2D eigenvalue weighted by Gasteiger charge is 2.21. The van der Waals surface area contributed by atoms with Crippen molar-refractivity contribution in [1.82, 2.24) is 0 Å². The van der Waals surface area contributed by atoms with Gasteiger partial charge in [0.2, 0.25) is 5.78 Å². The van der Waals surface area contributed by atoms with Crippen LogP contribution >= 0.6 is 0 Å². The van der Waals surface area contributed by atoms with Crippen LogP contribution in [0.3, 0.4) is 0 Å². The molecule has 3 heteroatoms. The van der Waals surface area contributed by atoms with E-state index in [1.165, 1.54) is 0 Å². The van der Waals surface area contributed by atoms with Crippen molar-refractivity contribution in [1.29, 1.82) is 0 Å². The van der Waals surface area contributed by atoms with E-state index in [9.17, 15) is 9.59 Å². The number of carboxylic acids is 1. The summed E-state index contributed by atoms with van der Waals surface area (Å²) in [6.07, 6.45) is 7.20. The van der Waals surface area contributed by atoms with E-state index in [-0.39, 0.29) is 5.92 Å². The minimum atomic E-state index is -1.33. The lowest BCUT2D eigenvalue weighted by atomic mass is 9.95. The Labute approximate surface area is 84.1 Å². The second kappa shape index (κ2) is 7.06. The monoisotopic (exact) mass is 196 g/mol. The fourth-order valence-corrected chi connectivity index (χ4v) is 1.19. The van der Waals surface area contributed by atoms with Crippen molar-refractivity contribution in [3.63, 3.8) is 0 Å². The van der Waals surface area contributed by atoms with E-state index in [0.29, 0.717) is 19.3 Å². The molecule has 0 spiro atoms. The molecule has 0 bridgehead atoms. The molecule has 0 rings (SSSR count). The predicted octanol–water partition coefficient (Wildman–Crippen LogP) is 2.19. The first-order valence-electron chi connectivity index (χ1n) is 4.68. The molecule has 0 amide bonds. The standard InChI is InChI=1S/C11H16O3/c1-3-5-6-7-8-9(4-2)10(12)11(13)14/h3,5-6,9H,1,4,7-8H2,2H3,(H,13,14). The molecule has 0 radical (unpaired) electrons. The van der Waals surface area contributed by atoms with E-state index in [2.05, 4.69) is 6.58 Å². The van der Waals surface area contributed by atoms with Gasteiger partial charge in [-0.25, -0.2) is 4.79 Å². The molecule has 1 unspecified atom stereocenters. The summed E-state index contributed by atoms with van der Waals surface area (Å²) >= 11 is 0. The van der Waals surface area contributed by atoms with Crippen LogP contribution in [0, 0.1) is 5.92 Å².